The smallest absolute Gasteiger partial charge is 0.279 e. The third-order valence-electron chi connectivity index (χ3n) is 11.6. The number of aliphatic hydroxyl groups is 2. The zero-order valence-electron chi connectivity index (χ0n) is 41.1. The lowest BCUT2D eigenvalue weighted by atomic mass is 9.98. The van der Waals surface area contributed by atoms with E-state index >= 15 is 0 Å². The number of para-hydroxylation sites is 4. The molecule has 0 amide bonds. The first-order valence-electron chi connectivity index (χ1n) is 23.7. The van der Waals surface area contributed by atoms with Crippen molar-refractivity contribution in [2.24, 2.45) is 0 Å². The molecule has 2 unspecified atom stereocenters. The van der Waals surface area contributed by atoms with E-state index in [-0.39, 0.29) is 16.9 Å². The van der Waals surface area contributed by atoms with E-state index < -0.39 is 22.1 Å². The van der Waals surface area contributed by atoms with E-state index in [0.29, 0.717) is 23.1 Å². The number of carbonyl (C=O) groups is 1. The molecule has 0 aliphatic carbocycles. The van der Waals surface area contributed by atoms with Crippen LogP contribution in [0.5, 0.6) is 0 Å². The summed E-state index contributed by atoms with van der Waals surface area (Å²) in [5, 5.41) is 41.7. The molecule has 0 bridgehead atoms. The van der Waals surface area contributed by atoms with E-state index in [4.69, 9.17) is 11.5 Å². The van der Waals surface area contributed by atoms with Crippen LogP contribution in [0.15, 0.2) is 199 Å². The Morgan fingerprint density at radius 2 is 0.833 bits per heavy atom. The van der Waals surface area contributed by atoms with Crippen LogP contribution in [-0.2, 0) is 32.1 Å². The number of nitrogens with two attached hydrogens (primary N) is 2. The number of nitrogen functional groups attached to an aromatic ring is 2. The number of benzene rings is 8. The first-order chi connectivity index (χ1) is 34.7. The fourth-order valence-corrected chi connectivity index (χ4v) is 7.42. The first-order valence-corrected chi connectivity index (χ1v) is 24.5. The molecule has 0 aliphatic heterocycles. The lowest BCUT2D eigenvalue weighted by Crippen LogP contribution is -2.03. The van der Waals surface area contributed by atoms with Crippen LogP contribution in [-0.4, -0.2) is 26.3 Å². The Labute approximate surface area is 431 Å². The van der Waals surface area contributed by atoms with Crippen molar-refractivity contribution < 1.29 is 24.9 Å². The number of hydrogen-bond donors (Lipinski definition) is 4. The highest BCUT2D eigenvalue weighted by Crippen LogP contribution is 2.30. The third-order valence-corrected chi connectivity index (χ3v) is 12.1. The van der Waals surface area contributed by atoms with Gasteiger partial charge in [-0.2, -0.15) is 0 Å². The molecule has 8 aromatic rings. The van der Waals surface area contributed by atoms with Crippen molar-refractivity contribution in [2.75, 3.05) is 11.5 Å². The molecule has 0 saturated heterocycles. The highest BCUT2D eigenvalue weighted by molar-refractivity contribution is 9.10. The summed E-state index contributed by atoms with van der Waals surface area (Å²) in [5.74, 6) is 0. The maximum Gasteiger partial charge on any atom is 0.279 e. The van der Waals surface area contributed by atoms with E-state index in [2.05, 4.69) is 91.3 Å². The van der Waals surface area contributed by atoms with Crippen LogP contribution in [0.25, 0.3) is 0 Å². The van der Waals surface area contributed by atoms with E-state index in [1.54, 1.807) is 42.5 Å². The molecule has 11 nitrogen and oxygen atoms in total. The fraction of sp³-hybridized carbons (Fsp3) is 0.183. The van der Waals surface area contributed by atoms with E-state index in [0.717, 1.165) is 53.4 Å². The van der Waals surface area contributed by atoms with Gasteiger partial charge in [-0.1, -0.05) is 189 Å². The summed E-state index contributed by atoms with van der Waals surface area (Å²) >= 11 is 3.37. The quantitative estimate of drug-likeness (QED) is 0.0376. The number of nitro groups is 2. The number of aldehydes is 1. The Hall–Kier alpha value is -7.77. The molecule has 372 valence electrons. The number of halogens is 1. The summed E-state index contributed by atoms with van der Waals surface area (Å²) in [5.41, 5.74) is 23.5. The summed E-state index contributed by atoms with van der Waals surface area (Å²) < 4.78 is 1.15. The predicted molar refractivity (Wildman–Crippen MR) is 295 cm³/mol. The number of hydrogen-bond acceptors (Lipinski definition) is 9. The van der Waals surface area contributed by atoms with Gasteiger partial charge in [-0.15, -0.1) is 0 Å². The molecular weight excluding hydrogens is 969 g/mol. The van der Waals surface area contributed by atoms with Crippen molar-refractivity contribution >= 4 is 45.0 Å². The average Bonchev–Trinajstić information content (AvgIpc) is 3.42. The maximum atomic E-state index is 11.0. The number of anilines is 2. The summed E-state index contributed by atoms with van der Waals surface area (Å²) in [4.78, 5) is 30.4. The second kappa shape index (κ2) is 30.1. The molecule has 0 radical (unpaired) electrons. The summed E-state index contributed by atoms with van der Waals surface area (Å²) in [6.07, 6.45) is 3.89. The van der Waals surface area contributed by atoms with Crippen molar-refractivity contribution in [1.29, 1.82) is 0 Å². The molecule has 6 N–H and O–H groups in total. The van der Waals surface area contributed by atoms with Crippen molar-refractivity contribution in [2.45, 2.75) is 72.0 Å². The van der Waals surface area contributed by atoms with Crippen LogP contribution < -0.4 is 11.5 Å². The second-order valence-electron chi connectivity index (χ2n) is 16.4. The summed E-state index contributed by atoms with van der Waals surface area (Å²) in [6, 6.07) is 60.1. The third kappa shape index (κ3) is 17.9. The molecule has 0 heterocycles. The van der Waals surface area contributed by atoms with Crippen LogP contribution in [0, 0.1) is 20.2 Å². The van der Waals surface area contributed by atoms with Crippen molar-refractivity contribution in [3.63, 3.8) is 0 Å². The highest BCUT2D eigenvalue weighted by Gasteiger charge is 2.21. The molecular formula is C60H63BrN4O7. The fourth-order valence-electron chi connectivity index (χ4n) is 7.16. The van der Waals surface area contributed by atoms with E-state index in [1.807, 2.05) is 79.7 Å². The number of aliphatic hydroxyl groups excluding tert-OH is 2. The highest BCUT2D eigenvalue weighted by atomic mass is 79.9. The molecule has 0 aromatic heterocycles. The molecule has 8 rings (SSSR count). The molecule has 12 heteroatoms. The van der Waals surface area contributed by atoms with Crippen LogP contribution in [0.2, 0.25) is 0 Å². The van der Waals surface area contributed by atoms with Crippen LogP contribution in [0.4, 0.5) is 22.7 Å². The van der Waals surface area contributed by atoms with Crippen molar-refractivity contribution in [1.82, 2.24) is 0 Å². The van der Waals surface area contributed by atoms with Gasteiger partial charge in [0, 0.05) is 33.5 Å². The lowest BCUT2D eigenvalue weighted by molar-refractivity contribution is -0.386. The first kappa shape index (κ1) is 56.8. The topological polar surface area (TPSA) is 196 Å². The van der Waals surface area contributed by atoms with Gasteiger partial charge in [0.2, 0.25) is 0 Å². The zero-order chi connectivity index (χ0) is 52.4. The van der Waals surface area contributed by atoms with Gasteiger partial charge in [-0.05, 0) is 113 Å². The number of nitrogens with zero attached hydrogens (tertiary/aromatic N) is 2. The molecule has 0 saturated carbocycles. The summed E-state index contributed by atoms with van der Waals surface area (Å²) in [7, 11) is 0. The van der Waals surface area contributed by atoms with Crippen molar-refractivity contribution in [3.8, 4) is 0 Å². The Kier molecular flexibility index (Phi) is 23.7. The maximum absolute atomic E-state index is 11.0. The van der Waals surface area contributed by atoms with Gasteiger partial charge in [-0.3, -0.25) is 25.0 Å². The van der Waals surface area contributed by atoms with Gasteiger partial charge >= 0.3 is 0 Å². The predicted octanol–water partition coefficient (Wildman–Crippen LogP) is 14.0. The zero-order valence-corrected chi connectivity index (χ0v) is 42.7. The Balaban J connectivity index is 0.000000200. The minimum absolute atomic E-state index is 0.0606. The van der Waals surface area contributed by atoms with Crippen LogP contribution in [0.3, 0.4) is 0 Å². The molecule has 8 aromatic carbocycles. The Morgan fingerprint density at radius 3 is 1.26 bits per heavy atom. The molecule has 2 atom stereocenters. The standard InChI is InChI=1S/C15H15NO3.C15H17NO.C15H17N.C8H9Br.C7H5NO3/c1-2-11-7-9-12(10-8-11)15(17)13-5-3-4-6-14(13)16(18)19;1-2-11-7-9-12(10-8-11)15(17)13-5-3-4-6-14(13)16;1-2-12-7-9-13(10-8-12)11-14-5-3-4-6-15(14)16;1-2-7-3-5-8(9)6-4-7;9-5-6-3-1-2-4-7(6)8(10)11/h3-10,15,17H,2H2,1H3;3-10,15,17H,2,16H2,1H3;3-10H,2,11,16H2,1H3;3-6H,2H2,1H3;1-5H. The molecule has 0 fully saturated rings. The second-order valence-corrected chi connectivity index (χ2v) is 17.3. The minimum Gasteiger partial charge on any atom is -0.398 e. The number of nitro benzene ring substituents is 2. The van der Waals surface area contributed by atoms with Crippen LogP contribution >= 0.6 is 15.9 Å². The van der Waals surface area contributed by atoms with Crippen molar-refractivity contribution in [3.05, 3.63) is 280 Å². The van der Waals surface area contributed by atoms with E-state index in [9.17, 15) is 35.2 Å². The van der Waals surface area contributed by atoms with Gasteiger partial charge in [-0.25, -0.2) is 0 Å². The van der Waals surface area contributed by atoms with Gasteiger partial charge in [0.25, 0.3) is 11.4 Å². The summed E-state index contributed by atoms with van der Waals surface area (Å²) in [6.45, 7) is 8.49. The monoisotopic (exact) mass is 1030 g/mol. The largest absolute Gasteiger partial charge is 0.398 e. The molecule has 0 spiro atoms. The SMILES string of the molecule is CCc1ccc(Br)cc1.CCc1ccc(C(O)c2ccccc2N)cc1.CCc1ccc(C(O)c2ccccc2[N+](=O)[O-])cc1.CCc1ccc(Cc2ccccc2N)cc1.O=Cc1ccccc1[N+](=O)[O-]. The molecule has 72 heavy (non-hydrogen) atoms. The van der Waals surface area contributed by atoms with Gasteiger partial charge in [0.15, 0.2) is 6.29 Å². The van der Waals surface area contributed by atoms with Gasteiger partial charge in [0.05, 0.1) is 21.0 Å². The Bertz CT molecular complexity index is 2910. The van der Waals surface area contributed by atoms with Crippen LogP contribution in [0.1, 0.15) is 106 Å². The Morgan fingerprint density at radius 1 is 0.472 bits per heavy atom. The molecule has 0 aliphatic rings. The lowest BCUT2D eigenvalue weighted by Gasteiger charge is -2.14. The minimum atomic E-state index is -0.979. The number of aryl methyl sites for hydroxylation is 4. The number of carbonyl (C=O) groups excluding carboxylic acids is 1. The average molecular weight is 1030 g/mol. The normalized spacial score (nSPS) is 11.0. The van der Waals surface area contributed by atoms with E-state index in [1.165, 1.54) is 57.6 Å². The number of rotatable bonds is 13. The van der Waals surface area contributed by atoms with Gasteiger partial charge in [0.1, 0.15) is 12.2 Å². The van der Waals surface area contributed by atoms with Gasteiger partial charge < -0.3 is 21.7 Å².